The number of alkyl halides is 3. The summed E-state index contributed by atoms with van der Waals surface area (Å²) < 4.78 is 52.5. The van der Waals surface area contributed by atoms with Crippen LogP contribution in [0.15, 0.2) is 59.1 Å². The number of ketones is 1. The van der Waals surface area contributed by atoms with Gasteiger partial charge < -0.3 is 25.1 Å². The molecule has 0 radical (unpaired) electrons. The third kappa shape index (κ3) is 4.81. The van der Waals surface area contributed by atoms with Crippen LogP contribution >= 0.6 is 0 Å². The first-order chi connectivity index (χ1) is 17.8. The number of phenolic OH excluding ortho intramolecular Hbond substituents is 1. The third-order valence-corrected chi connectivity index (χ3v) is 6.54. The standard InChI is InChI=1S/C27H26F3N3O5/c1-26(2)11-18-23(19(34)12-26)22(14-9-20(36-3)24(35)21(10-14)37-4)17(13-31)25(32)33(18)15-5-7-16(8-6-15)38-27(28,29)30/h5-10,22,35H,11-12,32H2,1-4H3. The summed E-state index contributed by atoms with van der Waals surface area (Å²) in [5.74, 6) is -1.54. The molecule has 200 valence electrons. The number of halogens is 3. The van der Waals surface area contributed by atoms with E-state index in [4.69, 9.17) is 15.2 Å². The second-order valence-corrected chi connectivity index (χ2v) is 9.80. The Balaban J connectivity index is 1.94. The minimum absolute atomic E-state index is 0.0252. The fourth-order valence-corrected chi connectivity index (χ4v) is 5.01. The van der Waals surface area contributed by atoms with E-state index in [1.807, 2.05) is 13.8 Å². The summed E-state index contributed by atoms with van der Waals surface area (Å²) in [6, 6.07) is 10.2. The Labute approximate surface area is 217 Å². The summed E-state index contributed by atoms with van der Waals surface area (Å²) in [5.41, 5.74) is 7.84. The van der Waals surface area contributed by atoms with Crippen molar-refractivity contribution in [3.8, 4) is 29.1 Å². The lowest BCUT2D eigenvalue weighted by atomic mass is 9.68. The number of phenols is 1. The van der Waals surface area contributed by atoms with Crippen LogP contribution in [0.5, 0.6) is 23.0 Å². The number of ether oxygens (including phenoxy) is 3. The molecule has 3 N–H and O–H groups in total. The highest BCUT2D eigenvalue weighted by Crippen LogP contribution is 2.52. The number of hydrogen-bond acceptors (Lipinski definition) is 8. The first-order valence-electron chi connectivity index (χ1n) is 11.6. The summed E-state index contributed by atoms with van der Waals surface area (Å²) >= 11 is 0. The van der Waals surface area contributed by atoms with Gasteiger partial charge in [-0.2, -0.15) is 5.26 Å². The maximum absolute atomic E-state index is 13.6. The van der Waals surface area contributed by atoms with E-state index in [9.17, 15) is 28.3 Å². The van der Waals surface area contributed by atoms with Gasteiger partial charge in [0.1, 0.15) is 11.6 Å². The number of nitrogens with zero attached hydrogens (tertiary/aromatic N) is 2. The fraction of sp³-hybridized carbons (Fsp3) is 0.333. The molecule has 1 atom stereocenters. The van der Waals surface area contributed by atoms with Crippen molar-refractivity contribution in [1.82, 2.24) is 0 Å². The van der Waals surface area contributed by atoms with Gasteiger partial charge in [-0.25, -0.2) is 0 Å². The molecule has 38 heavy (non-hydrogen) atoms. The maximum Gasteiger partial charge on any atom is 0.573 e. The molecular weight excluding hydrogens is 503 g/mol. The molecule has 0 saturated heterocycles. The van der Waals surface area contributed by atoms with Crippen LogP contribution in [0.2, 0.25) is 0 Å². The average Bonchev–Trinajstić information content (AvgIpc) is 2.82. The van der Waals surface area contributed by atoms with Crippen molar-refractivity contribution < 1.29 is 37.3 Å². The van der Waals surface area contributed by atoms with Gasteiger partial charge in [0.2, 0.25) is 5.75 Å². The molecule has 1 heterocycles. The third-order valence-electron chi connectivity index (χ3n) is 6.54. The summed E-state index contributed by atoms with van der Waals surface area (Å²) in [6.07, 6.45) is -4.24. The van der Waals surface area contributed by atoms with Gasteiger partial charge in [-0.15, -0.1) is 13.2 Å². The first-order valence-corrected chi connectivity index (χ1v) is 11.6. The minimum Gasteiger partial charge on any atom is -0.502 e. The largest absolute Gasteiger partial charge is 0.573 e. The number of allylic oxidation sites excluding steroid dienone is 3. The van der Waals surface area contributed by atoms with Gasteiger partial charge in [0, 0.05) is 23.4 Å². The van der Waals surface area contributed by atoms with Crippen molar-refractivity contribution in [2.45, 2.75) is 39.0 Å². The molecular formula is C27H26F3N3O5. The van der Waals surface area contributed by atoms with Gasteiger partial charge in [-0.1, -0.05) is 13.8 Å². The van der Waals surface area contributed by atoms with Gasteiger partial charge in [0.25, 0.3) is 0 Å². The molecule has 4 rings (SSSR count). The van der Waals surface area contributed by atoms with Crippen LogP contribution in [0, 0.1) is 16.7 Å². The maximum atomic E-state index is 13.6. The van der Waals surface area contributed by atoms with Crippen LogP contribution in [-0.2, 0) is 4.79 Å². The Morgan fingerprint density at radius 3 is 2.18 bits per heavy atom. The summed E-state index contributed by atoms with van der Waals surface area (Å²) in [5, 5.41) is 20.6. The number of benzene rings is 2. The van der Waals surface area contributed by atoms with Crippen LogP contribution in [0.4, 0.5) is 18.9 Å². The lowest BCUT2D eigenvalue weighted by Gasteiger charge is -2.43. The zero-order valence-corrected chi connectivity index (χ0v) is 21.1. The molecule has 1 unspecified atom stereocenters. The molecule has 11 heteroatoms. The quantitative estimate of drug-likeness (QED) is 0.539. The van der Waals surface area contributed by atoms with E-state index in [2.05, 4.69) is 10.8 Å². The molecule has 0 bridgehead atoms. The van der Waals surface area contributed by atoms with Gasteiger partial charge >= 0.3 is 6.36 Å². The second-order valence-electron chi connectivity index (χ2n) is 9.80. The van der Waals surface area contributed by atoms with Crippen molar-refractivity contribution in [3.05, 3.63) is 64.6 Å². The molecule has 2 aromatic rings. The molecule has 2 aromatic carbocycles. The van der Waals surface area contributed by atoms with Crippen LogP contribution in [0.1, 0.15) is 38.2 Å². The zero-order valence-electron chi connectivity index (χ0n) is 21.1. The molecule has 2 aliphatic rings. The van der Waals surface area contributed by atoms with Gasteiger partial charge in [0.15, 0.2) is 17.3 Å². The monoisotopic (exact) mass is 529 g/mol. The Morgan fingerprint density at radius 1 is 1.11 bits per heavy atom. The predicted octanol–water partition coefficient (Wildman–Crippen LogP) is 5.25. The lowest BCUT2D eigenvalue weighted by molar-refractivity contribution is -0.274. The van der Waals surface area contributed by atoms with E-state index in [-0.39, 0.29) is 40.8 Å². The van der Waals surface area contributed by atoms with Crippen molar-refractivity contribution in [3.63, 3.8) is 0 Å². The fourth-order valence-electron chi connectivity index (χ4n) is 5.01. The van der Waals surface area contributed by atoms with Crippen LogP contribution in [-0.4, -0.2) is 31.5 Å². The zero-order chi connectivity index (χ0) is 28.0. The van der Waals surface area contributed by atoms with E-state index >= 15 is 0 Å². The molecule has 0 spiro atoms. The van der Waals surface area contributed by atoms with E-state index in [0.29, 0.717) is 28.9 Å². The number of nitrogens with two attached hydrogens (primary N) is 1. The molecule has 0 amide bonds. The topological polar surface area (TPSA) is 118 Å². The number of anilines is 1. The molecule has 1 aliphatic heterocycles. The van der Waals surface area contributed by atoms with E-state index in [0.717, 1.165) is 12.1 Å². The van der Waals surface area contributed by atoms with Crippen molar-refractivity contribution >= 4 is 11.5 Å². The highest BCUT2D eigenvalue weighted by Gasteiger charge is 2.45. The Kier molecular flexibility index (Phi) is 6.69. The normalized spacial score (nSPS) is 19.2. The van der Waals surface area contributed by atoms with Crippen LogP contribution in [0.25, 0.3) is 0 Å². The smallest absolute Gasteiger partial charge is 0.502 e. The lowest BCUT2D eigenvalue weighted by Crippen LogP contribution is -2.42. The molecule has 0 saturated carbocycles. The molecule has 1 aliphatic carbocycles. The van der Waals surface area contributed by atoms with Crippen molar-refractivity contribution in [2.75, 3.05) is 19.1 Å². The Hall–Kier alpha value is -4.33. The molecule has 8 nitrogen and oxygen atoms in total. The summed E-state index contributed by atoms with van der Waals surface area (Å²) in [7, 11) is 2.73. The van der Waals surface area contributed by atoms with E-state index in [1.165, 1.54) is 43.4 Å². The summed E-state index contributed by atoms with van der Waals surface area (Å²) in [6.45, 7) is 3.85. The van der Waals surface area contributed by atoms with E-state index in [1.54, 1.807) is 0 Å². The second kappa shape index (κ2) is 9.52. The molecule has 0 fully saturated rings. The number of carbonyl (C=O) groups is 1. The van der Waals surface area contributed by atoms with Crippen LogP contribution < -0.4 is 24.8 Å². The number of rotatable bonds is 5. The SMILES string of the molecule is COc1cc(C2C(C#N)=C(N)N(c3ccc(OC(F)(F)F)cc3)C3=C2C(=O)CC(C)(C)C3)cc(OC)c1O. The van der Waals surface area contributed by atoms with Gasteiger partial charge in [0.05, 0.1) is 31.8 Å². The number of Topliss-reactive ketones (excluding diaryl/α,β-unsaturated/α-hetero) is 1. The van der Waals surface area contributed by atoms with Crippen molar-refractivity contribution in [1.29, 1.82) is 5.26 Å². The average molecular weight is 530 g/mol. The van der Waals surface area contributed by atoms with Gasteiger partial charge in [-0.05, 0) is 53.8 Å². The Morgan fingerprint density at radius 2 is 1.68 bits per heavy atom. The number of carbonyl (C=O) groups excluding carboxylic acids is 1. The highest BCUT2D eigenvalue weighted by atomic mass is 19.4. The number of aromatic hydroxyl groups is 1. The van der Waals surface area contributed by atoms with Crippen molar-refractivity contribution in [2.24, 2.45) is 11.1 Å². The van der Waals surface area contributed by atoms with Crippen LogP contribution in [0.3, 0.4) is 0 Å². The number of methoxy groups -OCH3 is 2. The van der Waals surface area contributed by atoms with Gasteiger partial charge in [-0.3, -0.25) is 9.69 Å². The summed E-state index contributed by atoms with van der Waals surface area (Å²) in [4.78, 5) is 15.2. The predicted molar refractivity (Wildman–Crippen MR) is 131 cm³/mol. The highest BCUT2D eigenvalue weighted by molar-refractivity contribution is 6.01. The van der Waals surface area contributed by atoms with E-state index < -0.39 is 23.4 Å². The molecule has 0 aromatic heterocycles. The minimum atomic E-state index is -4.85. The number of nitriles is 1. The number of hydrogen-bond donors (Lipinski definition) is 2. The first kappa shape index (κ1) is 26.7. The Bertz CT molecular complexity index is 1360.